The van der Waals surface area contributed by atoms with Gasteiger partial charge in [-0.05, 0) is 85.8 Å². The van der Waals surface area contributed by atoms with E-state index in [1.165, 1.54) is 0 Å². The monoisotopic (exact) mass is 431 g/mol. The fourth-order valence-electron chi connectivity index (χ4n) is 3.35. The van der Waals surface area contributed by atoms with Gasteiger partial charge in [0.1, 0.15) is 23.5 Å². The number of anilines is 1. The summed E-state index contributed by atoms with van der Waals surface area (Å²) in [6.07, 6.45) is 7.05. The molecule has 1 aromatic carbocycles. The lowest BCUT2D eigenvalue weighted by Crippen LogP contribution is -2.30. The van der Waals surface area contributed by atoms with E-state index in [2.05, 4.69) is 33.3 Å². The first-order valence-electron chi connectivity index (χ1n) is 10.7. The van der Waals surface area contributed by atoms with E-state index < -0.39 is 0 Å². The largest absolute Gasteiger partial charge is 0.492 e. The zero-order chi connectivity index (χ0) is 22.8. The number of aliphatic imine (C=N–C) groups is 1. The summed E-state index contributed by atoms with van der Waals surface area (Å²) in [5, 5.41) is 25.2. The van der Waals surface area contributed by atoms with E-state index in [9.17, 15) is 5.26 Å². The van der Waals surface area contributed by atoms with E-state index in [0.717, 1.165) is 42.6 Å². The van der Waals surface area contributed by atoms with Crippen molar-refractivity contribution < 1.29 is 9.84 Å². The van der Waals surface area contributed by atoms with Gasteiger partial charge in [-0.15, -0.1) is 0 Å². The van der Waals surface area contributed by atoms with Crippen LogP contribution in [0.25, 0.3) is 11.1 Å². The molecule has 166 valence electrons. The zero-order valence-corrected chi connectivity index (χ0v) is 18.3. The van der Waals surface area contributed by atoms with E-state index in [0.29, 0.717) is 35.5 Å². The summed E-state index contributed by atoms with van der Waals surface area (Å²) < 4.78 is 5.98. The van der Waals surface area contributed by atoms with E-state index in [4.69, 9.17) is 9.84 Å². The number of piperidine rings is 1. The summed E-state index contributed by atoms with van der Waals surface area (Å²) in [5.74, 6) is 2.25. The molecule has 0 radical (unpaired) electrons. The van der Waals surface area contributed by atoms with E-state index >= 15 is 0 Å². The molecular weight excluding hydrogens is 402 g/mol. The number of nitrogens with one attached hydrogen (secondary N) is 2. The van der Waals surface area contributed by atoms with Crippen molar-refractivity contribution in [2.24, 2.45) is 10.9 Å². The highest BCUT2D eigenvalue weighted by Crippen LogP contribution is 2.28. The maximum atomic E-state index is 9.64. The molecule has 2 heterocycles. The molecule has 1 saturated heterocycles. The molecule has 3 rings (SSSR count). The van der Waals surface area contributed by atoms with Crippen molar-refractivity contribution in [2.75, 3.05) is 31.6 Å². The standard InChI is InChI=1S/C25H29N5O2/c1-3-24(29-15-18(2)16-31)30-25-13-21(8-11-28-25)20-4-5-23(22(12-20)14-26)32-17-19-6-9-27-10-7-19/h3-5,8,11-13,15,19,27,31H,1,6-7,9-10,16-17H2,2H3,(H,28,29,30)/b18-15+. The number of rotatable bonds is 8. The second kappa shape index (κ2) is 11.8. The number of amidine groups is 1. The molecule has 0 unspecified atom stereocenters. The number of benzene rings is 1. The van der Waals surface area contributed by atoms with E-state index in [-0.39, 0.29) is 6.61 Å². The molecule has 0 amide bonds. The normalized spacial score (nSPS) is 15.2. The molecule has 3 N–H and O–H groups in total. The second-order valence-corrected chi connectivity index (χ2v) is 7.73. The summed E-state index contributed by atoms with van der Waals surface area (Å²) in [5.41, 5.74) is 3.06. The Kier molecular flexibility index (Phi) is 8.55. The van der Waals surface area contributed by atoms with Crippen LogP contribution in [-0.4, -0.2) is 42.2 Å². The molecule has 7 heteroatoms. The topological polar surface area (TPSA) is 103 Å². The molecule has 1 aliphatic heterocycles. The van der Waals surface area contributed by atoms with Gasteiger partial charge >= 0.3 is 0 Å². The third-order valence-electron chi connectivity index (χ3n) is 5.25. The Morgan fingerprint density at radius 1 is 1.34 bits per heavy atom. The van der Waals surface area contributed by atoms with Crippen LogP contribution in [-0.2, 0) is 0 Å². The quantitative estimate of drug-likeness (QED) is 0.433. The van der Waals surface area contributed by atoms with Crippen LogP contribution in [0.2, 0.25) is 0 Å². The van der Waals surface area contributed by atoms with Gasteiger partial charge in [0, 0.05) is 12.4 Å². The molecule has 1 aromatic heterocycles. The lowest BCUT2D eigenvalue weighted by Gasteiger charge is -2.23. The van der Waals surface area contributed by atoms with Crippen LogP contribution in [0, 0.1) is 17.2 Å². The number of hydrogen-bond donors (Lipinski definition) is 3. The third-order valence-corrected chi connectivity index (χ3v) is 5.25. The minimum atomic E-state index is -0.0551. The van der Waals surface area contributed by atoms with Gasteiger partial charge < -0.3 is 20.5 Å². The lowest BCUT2D eigenvalue weighted by atomic mass is 9.99. The van der Waals surface area contributed by atoms with Crippen molar-refractivity contribution in [3.63, 3.8) is 0 Å². The van der Waals surface area contributed by atoms with Gasteiger partial charge in [-0.25, -0.2) is 9.98 Å². The third kappa shape index (κ3) is 6.51. The number of aliphatic hydroxyl groups excluding tert-OH is 1. The molecule has 0 atom stereocenters. The molecule has 32 heavy (non-hydrogen) atoms. The van der Waals surface area contributed by atoms with Crippen molar-refractivity contribution in [3.8, 4) is 22.9 Å². The van der Waals surface area contributed by atoms with Crippen LogP contribution in [0.1, 0.15) is 25.3 Å². The maximum absolute atomic E-state index is 9.64. The first-order chi connectivity index (χ1) is 15.6. The van der Waals surface area contributed by atoms with Crippen molar-refractivity contribution >= 4 is 11.7 Å². The summed E-state index contributed by atoms with van der Waals surface area (Å²) in [7, 11) is 0. The summed E-state index contributed by atoms with van der Waals surface area (Å²) >= 11 is 0. The van der Waals surface area contributed by atoms with Gasteiger partial charge in [0.05, 0.1) is 18.8 Å². The van der Waals surface area contributed by atoms with Crippen LogP contribution in [0.15, 0.2) is 65.9 Å². The molecule has 1 aliphatic rings. The highest BCUT2D eigenvalue weighted by molar-refractivity contribution is 6.03. The average molecular weight is 432 g/mol. The second-order valence-electron chi connectivity index (χ2n) is 7.73. The number of ether oxygens (including phenoxy) is 1. The van der Waals surface area contributed by atoms with Crippen LogP contribution in [0.4, 0.5) is 5.82 Å². The fourth-order valence-corrected chi connectivity index (χ4v) is 3.35. The van der Waals surface area contributed by atoms with Gasteiger partial charge in [-0.3, -0.25) is 0 Å². The maximum Gasteiger partial charge on any atom is 0.137 e. The molecule has 7 nitrogen and oxygen atoms in total. The van der Waals surface area contributed by atoms with Crippen LogP contribution < -0.4 is 15.4 Å². The Morgan fingerprint density at radius 2 is 2.12 bits per heavy atom. The Morgan fingerprint density at radius 3 is 2.84 bits per heavy atom. The number of nitrogens with zero attached hydrogens (tertiary/aromatic N) is 3. The number of hydrogen-bond acceptors (Lipinski definition) is 6. The van der Waals surface area contributed by atoms with Crippen molar-refractivity contribution in [1.29, 1.82) is 5.26 Å². The Bertz CT molecular complexity index is 1030. The number of aromatic nitrogens is 1. The van der Waals surface area contributed by atoms with Gasteiger partial charge in [-0.2, -0.15) is 5.26 Å². The molecule has 0 aliphatic carbocycles. The minimum absolute atomic E-state index is 0.0551. The van der Waals surface area contributed by atoms with Gasteiger partial charge in [0.15, 0.2) is 0 Å². The predicted octanol–water partition coefficient (Wildman–Crippen LogP) is 3.89. The Labute approximate surface area is 189 Å². The molecular formula is C25H29N5O2. The zero-order valence-electron chi connectivity index (χ0n) is 18.3. The minimum Gasteiger partial charge on any atom is -0.492 e. The highest BCUT2D eigenvalue weighted by atomic mass is 16.5. The molecule has 0 saturated carbocycles. The Balaban J connectivity index is 1.75. The SMILES string of the molecule is C=C/C(=N\C=C(/C)CO)Nc1cc(-c2ccc(OCC3CCNCC3)c(C#N)c2)ccn1. The van der Waals surface area contributed by atoms with Gasteiger partial charge in [0.25, 0.3) is 0 Å². The highest BCUT2D eigenvalue weighted by Gasteiger charge is 2.15. The van der Waals surface area contributed by atoms with Gasteiger partial charge in [-0.1, -0.05) is 12.6 Å². The number of aliphatic hydroxyl groups is 1. The smallest absolute Gasteiger partial charge is 0.137 e. The van der Waals surface area contributed by atoms with E-state index in [1.807, 2.05) is 30.3 Å². The molecule has 1 fully saturated rings. The van der Waals surface area contributed by atoms with Crippen molar-refractivity contribution in [2.45, 2.75) is 19.8 Å². The first kappa shape index (κ1) is 23.2. The lowest BCUT2D eigenvalue weighted by molar-refractivity contribution is 0.215. The predicted molar refractivity (Wildman–Crippen MR) is 128 cm³/mol. The van der Waals surface area contributed by atoms with E-state index in [1.54, 1.807) is 25.4 Å². The van der Waals surface area contributed by atoms with Crippen LogP contribution in [0.3, 0.4) is 0 Å². The Hall–Kier alpha value is -3.47. The number of pyridine rings is 1. The molecule has 2 aromatic rings. The number of nitriles is 1. The first-order valence-corrected chi connectivity index (χ1v) is 10.7. The van der Waals surface area contributed by atoms with Crippen LogP contribution in [0.5, 0.6) is 5.75 Å². The van der Waals surface area contributed by atoms with Crippen molar-refractivity contribution in [1.82, 2.24) is 10.3 Å². The molecule has 0 bridgehead atoms. The van der Waals surface area contributed by atoms with Crippen LogP contribution >= 0.6 is 0 Å². The summed E-state index contributed by atoms with van der Waals surface area (Å²) in [6, 6.07) is 11.7. The fraction of sp³-hybridized carbons (Fsp3) is 0.320. The molecule has 0 spiro atoms. The summed E-state index contributed by atoms with van der Waals surface area (Å²) in [6.45, 7) is 8.16. The average Bonchev–Trinajstić information content (AvgIpc) is 2.85. The van der Waals surface area contributed by atoms with Crippen molar-refractivity contribution in [3.05, 3.63) is 66.5 Å². The van der Waals surface area contributed by atoms with Gasteiger partial charge in [0.2, 0.25) is 0 Å². The summed E-state index contributed by atoms with van der Waals surface area (Å²) in [4.78, 5) is 8.61.